The van der Waals surface area contributed by atoms with Gasteiger partial charge in [0.15, 0.2) is 5.75 Å². The standard InChI is InChI=1S/C18H16Br2N2O3/c1-24-12-5-11(6-13(7-12)25-2)21-9-10-3-4-14-15(19)8-16(20)18(23)17(14)22-10/h3-8,21,23H,9H2,1-2H3. The summed E-state index contributed by atoms with van der Waals surface area (Å²) in [5.41, 5.74) is 2.20. The summed E-state index contributed by atoms with van der Waals surface area (Å²) in [4.78, 5) is 4.56. The molecular weight excluding hydrogens is 452 g/mol. The van der Waals surface area contributed by atoms with Crippen molar-refractivity contribution >= 4 is 48.5 Å². The highest BCUT2D eigenvalue weighted by atomic mass is 79.9. The molecule has 0 saturated carbocycles. The average Bonchev–Trinajstić information content (AvgIpc) is 2.64. The van der Waals surface area contributed by atoms with Gasteiger partial charge < -0.3 is 19.9 Å². The van der Waals surface area contributed by atoms with Crippen LogP contribution in [0.5, 0.6) is 17.2 Å². The molecule has 0 aliphatic rings. The quantitative estimate of drug-likeness (QED) is 0.546. The second-order valence-corrected chi connectivity index (χ2v) is 7.05. The van der Waals surface area contributed by atoms with E-state index in [1.165, 1.54) is 0 Å². The van der Waals surface area contributed by atoms with E-state index in [1.807, 2.05) is 30.3 Å². The smallest absolute Gasteiger partial charge is 0.156 e. The van der Waals surface area contributed by atoms with Crippen LogP contribution in [0.15, 0.2) is 45.3 Å². The molecular formula is C18H16Br2N2O3. The van der Waals surface area contributed by atoms with Gasteiger partial charge in [-0.25, -0.2) is 4.98 Å². The molecule has 25 heavy (non-hydrogen) atoms. The van der Waals surface area contributed by atoms with E-state index >= 15 is 0 Å². The summed E-state index contributed by atoms with van der Waals surface area (Å²) in [6.07, 6.45) is 0. The molecule has 0 spiro atoms. The lowest BCUT2D eigenvalue weighted by atomic mass is 10.2. The average molecular weight is 468 g/mol. The van der Waals surface area contributed by atoms with Crippen molar-refractivity contribution in [1.29, 1.82) is 0 Å². The number of fused-ring (bicyclic) bond motifs is 1. The number of halogens is 2. The number of aromatic hydroxyl groups is 1. The molecule has 1 aromatic heterocycles. The lowest BCUT2D eigenvalue weighted by molar-refractivity contribution is 0.394. The van der Waals surface area contributed by atoms with Crippen molar-refractivity contribution < 1.29 is 14.6 Å². The molecule has 0 saturated heterocycles. The van der Waals surface area contributed by atoms with Gasteiger partial charge in [0, 0.05) is 33.7 Å². The highest BCUT2D eigenvalue weighted by Gasteiger charge is 2.11. The van der Waals surface area contributed by atoms with Crippen LogP contribution in [-0.2, 0) is 6.54 Å². The number of ether oxygens (including phenoxy) is 2. The highest BCUT2D eigenvalue weighted by molar-refractivity contribution is 9.11. The second-order valence-electron chi connectivity index (χ2n) is 5.34. The molecule has 5 nitrogen and oxygen atoms in total. The predicted octanol–water partition coefficient (Wildman–Crippen LogP) is 5.09. The molecule has 0 aliphatic heterocycles. The largest absolute Gasteiger partial charge is 0.505 e. The van der Waals surface area contributed by atoms with Gasteiger partial charge in [-0.2, -0.15) is 0 Å². The first-order valence-corrected chi connectivity index (χ1v) is 9.04. The van der Waals surface area contributed by atoms with Crippen LogP contribution in [0.25, 0.3) is 10.9 Å². The number of hydrogen-bond donors (Lipinski definition) is 2. The van der Waals surface area contributed by atoms with Crippen molar-refractivity contribution in [3.8, 4) is 17.2 Å². The fourth-order valence-corrected chi connectivity index (χ4v) is 3.72. The summed E-state index contributed by atoms with van der Waals surface area (Å²) in [6, 6.07) is 11.2. The maximum atomic E-state index is 10.2. The number of phenolic OH excluding ortho intramolecular Hbond substituents is 1. The maximum absolute atomic E-state index is 10.2. The predicted molar refractivity (Wildman–Crippen MR) is 106 cm³/mol. The first-order chi connectivity index (χ1) is 12.0. The molecule has 2 N–H and O–H groups in total. The summed E-state index contributed by atoms with van der Waals surface area (Å²) in [6.45, 7) is 0.496. The minimum atomic E-state index is 0.128. The number of pyridine rings is 1. The van der Waals surface area contributed by atoms with Crippen LogP contribution in [0.4, 0.5) is 5.69 Å². The lowest BCUT2D eigenvalue weighted by Gasteiger charge is -2.11. The van der Waals surface area contributed by atoms with Crippen LogP contribution in [0.1, 0.15) is 5.69 Å². The summed E-state index contributed by atoms with van der Waals surface area (Å²) in [5.74, 6) is 1.54. The van der Waals surface area contributed by atoms with E-state index in [0.717, 1.165) is 21.2 Å². The molecule has 0 unspecified atom stereocenters. The Labute approximate surface area is 162 Å². The monoisotopic (exact) mass is 466 g/mol. The summed E-state index contributed by atoms with van der Waals surface area (Å²) >= 11 is 6.83. The Kier molecular flexibility index (Phi) is 5.34. The van der Waals surface area contributed by atoms with Crippen molar-refractivity contribution in [2.75, 3.05) is 19.5 Å². The molecule has 1 heterocycles. The Morgan fingerprint density at radius 1 is 1.00 bits per heavy atom. The van der Waals surface area contributed by atoms with Crippen molar-refractivity contribution in [2.24, 2.45) is 0 Å². The van der Waals surface area contributed by atoms with Gasteiger partial charge >= 0.3 is 0 Å². The van der Waals surface area contributed by atoms with Crippen LogP contribution < -0.4 is 14.8 Å². The van der Waals surface area contributed by atoms with Gasteiger partial charge in [0.1, 0.15) is 17.0 Å². The molecule has 2 aromatic carbocycles. The van der Waals surface area contributed by atoms with Crippen LogP contribution in [0.3, 0.4) is 0 Å². The van der Waals surface area contributed by atoms with E-state index in [4.69, 9.17) is 9.47 Å². The Balaban J connectivity index is 1.88. The number of aromatic nitrogens is 1. The Hall–Kier alpha value is -1.99. The van der Waals surface area contributed by atoms with Gasteiger partial charge in [-0.3, -0.25) is 0 Å². The van der Waals surface area contributed by atoms with Crippen molar-refractivity contribution in [1.82, 2.24) is 4.98 Å². The fraction of sp³-hybridized carbons (Fsp3) is 0.167. The first-order valence-electron chi connectivity index (χ1n) is 7.45. The third kappa shape index (κ3) is 3.82. The van der Waals surface area contributed by atoms with Crippen LogP contribution in [0, 0.1) is 0 Å². The van der Waals surface area contributed by atoms with Crippen LogP contribution >= 0.6 is 31.9 Å². The lowest BCUT2D eigenvalue weighted by Crippen LogP contribution is -2.02. The number of hydrogen-bond acceptors (Lipinski definition) is 5. The number of benzene rings is 2. The molecule has 0 radical (unpaired) electrons. The van der Waals surface area contributed by atoms with E-state index in [1.54, 1.807) is 20.3 Å². The minimum absolute atomic E-state index is 0.128. The van der Waals surface area contributed by atoms with Crippen LogP contribution in [0.2, 0.25) is 0 Å². The molecule has 3 aromatic rings. The summed E-state index contributed by atoms with van der Waals surface area (Å²) in [5, 5.41) is 14.4. The topological polar surface area (TPSA) is 63.6 Å². The molecule has 0 atom stereocenters. The summed E-state index contributed by atoms with van der Waals surface area (Å²) < 4.78 is 12.0. The molecule has 0 aliphatic carbocycles. The molecule has 130 valence electrons. The third-order valence-electron chi connectivity index (χ3n) is 3.74. The fourth-order valence-electron chi connectivity index (χ4n) is 2.44. The number of nitrogens with zero attached hydrogens (tertiary/aromatic N) is 1. The zero-order valence-corrected chi connectivity index (χ0v) is 16.8. The molecule has 7 heteroatoms. The zero-order valence-electron chi connectivity index (χ0n) is 13.6. The third-order valence-corrected chi connectivity index (χ3v) is 5.00. The Morgan fingerprint density at radius 3 is 2.32 bits per heavy atom. The van der Waals surface area contributed by atoms with Gasteiger partial charge in [0.05, 0.1) is 30.9 Å². The number of anilines is 1. The van der Waals surface area contributed by atoms with Crippen molar-refractivity contribution in [3.05, 3.63) is 51.0 Å². The van der Waals surface area contributed by atoms with Gasteiger partial charge in [0.25, 0.3) is 0 Å². The number of phenols is 1. The van der Waals surface area contributed by atoms with Crippen molar-refractivity contribution in [2.45, 2.75) is 6.54 Å². The van der Waals surface area contributed by atoms with Gasteiger partial charge in [-0.15, -0.1) is 0 Å². The first kappa shape index (κ1) is 17.8. The van der Waals surface area contributed by atoms with E-state index in [0.29, 0.717) is 28.0 Å². The normalized spacial score (nSPS) is 10.7. The molecule has 0 fully saturated rings. The highest BCUT2D eigenvalue weighted by Crippen LogP contribution is 2.36. The zero-order chi connectivity index (χ0) is 18.0. The molecule has 0 amide bonds. The van der Waals surface area contributed by atoms with Crippen molar-refractivity contribution in [3.63, 3.8) is 0 Å². The minimum Gasteiger partial charge on any atom is -0.505 e. The SMILES string of the molecule is COc1cc(NCc2ccc3c(Br)cc(Br)c(O)c3n2)cc(OC)c1. The van der Waals surface area contributed by atoms with Gasteiger partial charge in [0.2, 0.25) is 0 Å². The molecule has 3 rings (SSSR count). The van der Waals surface area contributed by atoms with Gasteiger partial charge in [-0.1, -0.05) is 15.9 Å². The second kappa shape index (κ2) is 7.49. The van der Waals surface area contributed by atoms with E-state index < -0.39 is 0 Å². The number of rotatable bonds is 5. The molecule has 0 bridgehead atoms. The van der Waals surface area contributed by atoms with E-state index in [9.17, 15) is 5.11 Å². The van der Waals surface area contributed by atoms with Crippen LogP contribution in [-0.4, -0.2) is 24.3 Å². The summed E-state index contributed by atoms with van der Waals surface area (Å²) in [7, 11) is 3.23. The number of nitrogens with one attached hydrogen (secondary N) is 1. The Bertz CT molecular complexity index is 910. The van der Waals surface area contributed by atoms with E-state index in [-0.39, 0.29) is 5.75 Å². The van der Waals surface area contributed by atoms with E-state index in [2.05, 4.69) is 42.2 Å². The Morgan fingerprint density at radius 2 is 1.68 bits per heavy atom. The maximum Gasteiger partial charge on any atom is 0.156 e. The number of methoxy groups -OCH3 is 2. The van der Waals surface area contributed by atoms with Gasteiger partial charge in [-0.05, 0) is 34.1 Å².